The van der Waals surface area contributed by atoms with Crippen molar-refractivity contribution in [3.63, 3.8) is 0 Å². The largest absolute Gasteiger partial charge is 0.314 e. The van der Waals surface area contributed by atoms with Crippen LogP contribution in [0, 0.1) is 5.92 Å². The second-order valence-corrected chi connectivity index (χ2v) is 3.82. The maximum Gasteiger partial charge on any atom is 0.00926 e. The van der Waals surface area contributed by atoms with Crippen LogP contribution in [0.4, 0.5) is 0 Å². The van der Waals surface area contributed by atoms with Crippen LogP contribution in [0.2, 0.25) is 0 Å². The summed E-state index contributed by atoms with van der Waals surface area (Å²) in [6.07, 6.45) is 6.99. The van der Waals surface area contributed by atoms with Crippen molar-refractivity contribution in [2.24, 2.45) is 5.92 Å². The molecule has 0 bridgehead atoms. The normalized spacial score (nSPS) is 32.2. The standard InChI is InChI=1S/C10H21N/c1-3-8-11-10-7-5-4-6-9(10)2/h9-11H,3-8H2,1-2H3/t9-,10-/m1/s1. The van der Waals surface area contributed by atoms with Crippen molar-refractivity contribution >= 4 is 0 Å². The van der Waals surface area contributed by atoms with E-state index < -0.39 is 0 Å². The Labute approximate surface area is 70.6 Å². The van der Waals surface area contributed by atoms with Crippen LogP contribution in [0.25, 0.3) is 0 Å². The van der Waals surface area contributed by atoms with Crippen LogP contribution >= 0.6 is 0 Å². The van der Waals surface area contributed by atoms with Gasteiger partial charge >= 0.3 is 0 Å². The predicted molar refractivity (Wildman–Crippen MR) is 49.7 cm³/mol. The van der Waals surface area contributed by atoms with Crippen molar-refractivity contribution < 1.29 is 0 Å². The third-order valence-corrected chi connectivity index (χ3v) is 2.77. The summed E-state index contributed by atoms with van der Waals surface area (Å²) in [4.78, 5) is 0. The van der Waals surface area contributed by atoms with E-state index in [0.29, 0.717) is 0 Å². The molecule has 0 aromatic heterocycles. The van der Waals surface area contributed by atoms with Gasteiger partial charge in [0.1, 0.15) is 0 Å². The van der Waals surface area contributed by atoms with Crippen molar-refractivity contribution in [1.82, 2.24) is 5.32 Å². The van der Waals surface area contributed by atoms with E-state index in [1.807, 2.05) is 0 Å². The highest BCUT2D eigenvalue weighted by atomic mass is 14.9. The third kappa shape index (κ3) is 2.82. The van der Waals surface area contributed by atoms with Gasteiger partial charge in [0.15, 0.2) is 0 Å². The molecular formula is C10H21N. The van der Waals surface area contributed by atoms with Crippen LogP contribution in [-0.2, 0) is 0 Å². The lowest BCUT2D eigenvalue weighted by molar-refractivity contribution is 0.281. The van der Waals surface area contributed by atoms with E-state index in [1.165, 1.54) is 38.6 Å². The van der Waals surface area contributed by atoms with Gasteiger partial charge in [-0.2, -0.15) is 0 Å². The summed E-state index contributed by atoms with van der Waals surface area (Å²) in [7, 11) is 0. The smallest absolute Gasteiger partial charge is 0.00926 e. The summed E-state index contributed by atoms with van der Waals surface area (Å²) in [6.45, 7) is 5.82. The number of hydrogen-bond donors (Lipinski definition) is 1. The van der Waals surface area contributed by atoms with E-state index in [0.717, 1.165) is 12.0 Å². The van der Waals surface area contributed by atoms with Gasteiger partial charge in [-0.1, -0.05) is 26.7 Å². The zero-order valence-corrected chi connectivity index (χ0v) is 7.90. The molecule has 1 fully saturated rings. The van der Waals surface area contributed by atoms with Gasteiger partial charge in [0.05, 0.1) is 0 Å². The number of nitrogens with one attached hydrogen (secondary N) is 1. The third-order valence-electron chi connectivity index (χ3n) is 2.77. The van der Waals surface area contributed by atoms with E-state index in [9.17, 15) is 0 Å². The van der Waals surface area contributed by atoms with Gasteiger partial charge in [-0.05, 0) is 31.7 Å². The highest BCUT2D eigenvalue weighted by molar-refractivity contribution is 4.77. The molecule has 1 rings (SSSR count). The Balaban J connectivity index is 2.18. The monoisotopic (exact) mass is 155 g/mol. The molecule has 0 aliphatic heterocycles. The molecule has 0 aromatic carbocycles. The van der Waals surface area contributed by atoms with E-state index >= 15 is 0 Å². The van der Waals surface area contributed by atoms with Crippen LogP contribution in [0.1, 0.15) is 46.0 Å². The van der Waals surface area contributed by atoms with Crippen molar-refractivity contribution in [2.75, 3.05) is 6.54 Å². The molecule has 0 unspecified atom stereocenters. The van der Waals surface area contributed by atoms with Crippen LogP contribution in [0.3, 0.4) is 0 Å². The lowest BCUT2D eigenvalue weighted by Gasteiger charge is -2.29. The minimum atomic E-state index is 0.823. The Morgan fingerprint density at radius 2 is 2.00 bits per heavy atom. The Bertz CT molecular complexity index is 101. The average Bonchev–Trinajstić information content (AvgIpc) is 2.03. The molecule has 0 heterocycles. The fraction of sp³-hybridized carbons (Fsp3) is 1.00. The average molecular weight is 155 g/mol. The molecule has 1 aliphatic rings. The molecule has 2 atom stereocenters. The van der Waals surface area contributed by atoms with Gasteiger partial charge in [0.25, 0.3) is 0 Å². The summed E-state index contributed by atoms with van der Waals surface area (Å²) < 4.78 is 0. The van der Waals surface area contributed by atoms with Gasteiger partial charge in [-0.25, -0.2) is 0 Å². The van der Waals surface area contributed by atoms with Gasteiger partial charge < -0.3 is 5.32 Å². The molecule has 0 radical (unpaired) electrons. The summed E-state index contributed by atoms with van der Waals surface area (Å²) >= 11 is 0. The van der Waals surface area contributed by atoms with Crippen LogP contribution in [0.5, 0.6) is 0 Å². The maximum absolute atomic E-state index is 3.62. The van der Waals surface area contributed by atoms with Crippen LogP contribution < -0.4 is 5.32 Å². The molecule has 66 valence electrons. The SMILES string of the molecule is CCCN[C@@H]1CCCC[C@H]1C. The fourth-order valence-electron chi connectivity index (χ4n) is 1.95. The topological polar surface area (TPSA) is 12.0 Å². The first-order chi connectivity index (χ1) is 5.34. The number of rotatable bonds is 3. The Kier molecular flexibility index (Phi) is 3.92. The molecule has 0 aromatic rings. The molecule has 1 N–H and O–H groups in total. The van der Waals surface area contributed by atoms with E-state index in [2.05, 4.69) is 19.2 Å². The van der Waals surface area contributed by atoms with Crippen LogP contribution in [0.15, 0.2) is 0 Å². The highest BCUT2D eigenvalue weighted by Crippen LogP contribution is 2.23. The second-order valence-electron chi connectivity index (χ2n) is 3.82. The maximum atomic E-state index is 3.62. The predicted octanol–water partition coefficient (Wildman–Crippen LogP) is 2.56. The quantitative estimate of drug-likeness (QED) is 0.660. The molecule has 11 heavy (non-hydrogen) atoms. The summed E-state index contributed by atoms with van der Waals surface area (Å²) in [5, 5.41) is 3.62. The molecule has 0 spiro atoms. The first-order valence-electron chi connectivity index (χ1n) is 5.08. The number of hydrogen-bond acceptors (Lipinski definition) is 1. The summed E-state index contributed by atoms with van der Waals surface area (Å²) in [6, 6.07) is 0.823. The molecule has 0 saturated heterocycles. The summed E-state index contributed by atoms with van der Waals surface area (Å²) in [5.74, 6) is 0.912. The van der Waals surface area contributed by atoms with Crippen molar-refractivity contribution in [3.8, 4) is 0 Å². The molecule has 0 amide bonds. The van der Waals surface area contributed by atoms with E-state index in [-0.39, 0.29) is 0 Å². The van der Waals surface area contributed by atoms with Gasteiger partial charge in [0, 0.05) is 6.04 Å². The van der Waals surface area contributed by atoms with Crippen LogP contribution in [-0.4, -0.2) is 12.6 Å². The van der Waals surface area contributed by atoms with Crippen molar-refractivity contribution in [2.45, 2.75) is 52.0 Å². The molecule has 1 heteroatoms. The lowest BCUT2D eigenvalue weighted by atomic mass is 9.86. The molecule has 1 nitrogen and oxygen atoms in total. The first-order valence-corrected chi connectivity index (χ1v) is 5.08. The summed E-state index contributed by atoms with van der Waals surface area (Å²) in [5.41, 5.74) is 0. The van der Waals surface area contributed by atoms with Gasteiger partial charge in [-0.3, -0.25) is 0 Å². The molecule has 1 aliphatic carbocycles. The minimum Gasteiger partial charge on any atom is -0.314 e. The zero-order chi connectivity index (χ0) is 8.10. The van der Waals surface area contributed by atoms with Crippen molar-refractivity contribution in [3.05, 3.63) is 0 Å². The molecular weight excluding hydrogens is 134 g/mol. The van der Waals surface area contributed by atoms with Crippen molar-refractivity contribution in [1.29, 1.82) is 0 Å². The minimum absolute atomic E-state index is 0.823. The van der Waals surface area contributed by atoms with Gasteiger partial charge in [0.2, 0.25) is 0 Å². The Hall–Kier alpha value is -0.0400. The first kappa shape index (κ1) is 9.05. The Morgan fingerprint density at radius 3 is 2.64 bits per heavy atom. The Morgan fingerprint density at radius 1 is 1.27 bits per heavy atom. The highest BCUT2D eigenvalue weighted by Gasteiger charge is 2.19. The van der Waals surface area contributed by atoms with E-state index in [4.69, 9.17) is 0 Å². The fourth-order valence-corrected chi connectivity index (χ4v) is 1.95. The lowest BCUT2D eigenvalue weighted by Crippen LogP contribution is -2.37. The van der Waals surface area contributed by atoms with E-state index in [1.54, 1.807) is 0 Å². The zero-order valence-electron chi connectivity index (χ0n) is 7.90. The molecule has 1 saturated carbocycles. The van der Waals surface area contributed by atoms with Gasteiger partial charge in [-0.15, -0.1) is 0 Å². The second kappa shape index (κ2) is 4.76.